The molecule has 0 radical (unpaired) electrons. The van der Waals surface area contributed by atoms with Crippen molar-refractivity contribution in [2.24, 2.45) is 0 Å². The smallest absolute Gasteiger partial charge is 0.241 e. The lowest BCUT2D eigenvalue weighted by atomic mass is 9.98. The van der Waals surface area contributed by atoms with Crippen LogP contribution in [0.3, 0.4) is 0 Å². The summed E-state index contributed by atoms with van der Waals surface area (Å²) in [6, 6.07) is 21.9. The van der Waals surface area contributed by atoms with Gasteiger partial charge in [-0.05, 0) is 60.6 Å². The van der Waals surface area contributed by atoms with E-state index in [0.29, 0.717) is 18.8 Å². The molecule has 0 aliphatic rings. The molecule has 0 bridgehead atoms. The third-order valence-corrected chi connectivity index (χ3v) is 7.25. The first kappa shape index (κ1) is 24.7. The number of amides is 1. The van der Waals surface area contributed by atoms with Gasteiger partial charge in [0.25, 0.3) is 0 Å². The number of anilines is 1. The van der Waals surface area contributed by atoms with Crippen molar-refractivity contribution in [3.63, 3.8) is 0 Å². The van der Waals surface area contributed by atoms with Crippen LogP contribution < -0.4 is 10.0 Å². The summed E-state index contributed by atoms with van der Waals surface area (Å²) >= 11 is 0. The minimum atomic E-state index is -3.64. The molecular formula is C27H32N2O3S. The fourth-order valence-electron chi connectivity index (χ4n) is 3.75. The molecule has 3 rings (SSSR count). The van der Waals surface area contributed by atoms with Crippen LogP contribution in [0, 0.1) is 6.92 Å². The van der Waals surface area contributed by atoms with E-state index in [0.717, 1.165) is 27.9 Å². The normalized spacial score (nSPS) is 12.5. The van der Waals surface area contributed by atoms with Gasteiger partial charge in [0.15, 0.2) is 0 Å². The molecule has 0 saturated heterocycles. The van der Waals surface area contributed by atoms with Gasteiger partial charge in [0, 0.05) is 18.2 Å². The first-order valence-corrected chi connectivity index (χ1v) is 12.7. The van der Waals surface area contributed by atoms with Crippen molar-refractivity contribution in [3.05, 3.63) is 95.1 Å². The fraction of sp³-hybridized carbons (Fsp3) is 0.296. The monoisotopic (exact) mass is 464 g/mol. The Bertz CT molecular complexity index is 1190. The second kappa shape index (κ2) is 10.8. The van der Waals surface area contributed by atoms with Crippen LogP contribution in [0.2, 0.25) is 0 Å². The Labute approximate surface area is 197 Å². The van der Waals surface area contributed by atoms with E-state index >= 15 is 0 Å². The van der Waals surface area contributed by atoms with Gasteiger partial charge in [-0.15, -0.1) is 0 Å². The van der Waals surface area contributed by atoms with E-state index in [1.807, 2.05) is 62.4 Å². The Hall–Kier alpha value is -2.96. The third-order valence-electron chi connectivity index (χ3n) is 5.70. The number of para-hydroxylation sites is 1. The third kappa shape index (κ3) is 6.53. The van der Waals surface area contributed by atoms with E-state index in [1.54, 1.807) is 24.3 Å². The zero-order valence-electron chi connectivity index (χ0n) is 19.6. The number of carbonyl (C=O) groups is 1. The lowest BCUT2D eigenvalue weighted by molar-refractivity contribution is -0.116. The Balaban J connectivity index is 1.60. The standard InChI is InChI=1S/C27H32N2O3S/c1-19(2)25-12-8-9-20(3)27(25)28-26(30)18-15-22-13-16-24(17-14-22)33(31,32)29-21(4)23-10-6-5-7-11-23/h5-14,16-17,19,21,29H,15,18H2,1-4H3,(H,28,30)/t21-/m1/s1. The molecule has 0 saturated carbocycles. The van der Waals surface area contributed by atoms with Crippen LogP contribution in [0.4, 0.5) is 5.69 Å². The van der Waals surface area contributed by atoms with E-state index in [4.69, 9.17) is 0 Å². The molecule has 1 atom stereocenters. The van der Waals surface area contributed by atoms with Gasteiger partial charge in [0.05, 0.1) is 4.90 Å². The highest BCUT2D eigenvalue weighted by molar-refractivity contribution is 7.89. The second-order valence-corrected chi connectivity index (χ2v) is 10.4. The zero-order chi connectivity index (χ0) is 24.0. The molecule has 3 aromatic carbocycles. The summed E-state index contributed by atoms with van der Waals surface area (Å²) in [5, 5.41) is 3.06. The molecule has 0 unspecified atom stereocenters. The minimum Gasteiger partial charge on any atom is -0.326 e. The highest BCUT2D eigenvalue weighted by atomic mass is 32.2. The van der Waals surface area contributed by atoms with Crippen molar-refractivity contribution in [1.82, 2.24) is 4.72 Å². The summed E-state index contributed by atoms with van der Waals surface area (Å²) in [5.41, 5.74) is 4.86. The maximum Gasteiger partial charge on any atom is 0.241 e. The molecule has 0 spiro atoms. The molecule has 174 valence electrons. The van der Waals surface area contributed by atoms with Gasteiger partial charge in [-0.3, -0.25) is 4.79 Å². The number of carbonyl (C=O) groups excluding carboxylic acids is 1. The largest absolute Gasteiger partial charge is 0.326 e. The Morgan fingerprint density at radius 3 is 2.18 bits per heavy atom. The average Bonchev–Trinajstić information content (AvgIpc) is 2.79. The van der Waals surface area contributed by atoms with E-state index in [-0.39, 0.29) is 16.8 Å². The maximum absolute atomic E-state index is 12.7. The zero-order valence-corrected chi connectivity index (χ0v) is 20.4. The van der Waals surface area contributed by atoms with Gasteiger partial charge in [-0.2, -0.15) is 0 Å². The number of sulfonamides is 1. The van der Waals surface area contributed by atoms with Crippen LogP contribution in [0.1, 0.15) is 61.4 Å². The minimum absolute atomic E-state index is 0.0544. The number of hydrogen-bond donors (Lipinski definition) is 2. The molecule has 33 heavy (non-hydrogen) atoms. The first-order valence-electron chi connectivity index (χ1n) is 11.2. The van der Waals surface area contributed by atoms with Gasteiger partial charge in [0.1, 0.15) is 0 Å². The van der Waals surface area contributed by atoms with Crippen molar-refractivity contribution < 1.29 is 13.2 Å². The summed E-state index contributed by atoms with van der Waals surface area (Å²) in [7, 11) is -3.64. The molecular weight excluding hydrogens is 432 g/mol. The van der Waals surface area contributed by atoms with E-state index in [1.165, 1.54) is 0 Å². The average molecular weight is 465 g/mol. The summed E-state index contributed by atoms with van der Waals surface area (Å²) in [5.74, 6) is 0.258. The molecule has 5 nitrogen and oxygen atoms in total. The maximum atomic E-state index is 12.7. The SMILES string of the molecule is Cc1cccc(C(C)C)c1NC(=O)CCc1ccc(S(=O)(=O)N[C@H](C)c2ccccc2)cc1. The fourth-order valence-corrected chi connectivity index (χ4v) is 4.98. The molecule has 0 fully saturated rings. The molecule has 0 aliphatic carbocycles. The van der Waals surface area contributed by atoms with Gasteiger partial charge in [0.2, 0.25) is 15.9 Å². The van der Waals surface area contributed by atoms with E-state index in [2.05, 4.69) is 23.9 Å². The molecule has 6 heteroatoms. The predicted octanol–water partition coefficient (Wildman–Crippen LogP) is 5.73. The van der Waals surface area contributed by atoms with Crippen LogP contribution in [0.15, 0.2) is 77.7 Å². The van der Waals surface area contributed by atoms with Crippen molar-refractivity contribution in [3.8, 4) is 0 Å². The van der Waals surface area contributed by atoms with E-state index in [9.17, 15) is 13.2 Å². The molecule has 2 N–H and O–H groups in total. The highest BCUT2D eigenvalue weighted by Crippen LogP contribution is 2.27. The Morgan fingerprint density at radius 2 is 1.55 bits per heavy atom. The summed E-state index contributed by atoms with van der Waals surface area (Å²) in [6.45, 7) is 8.03. The quantitative estimate of drug-likeness (QED) is 0.425. The van der Waals surface area contributed by atoms with Crippen LogP contribution in [-0.2, 0) is 21.2 Å². The number of aryl methyl sites for hydroxylation is 2. The topological polar surface area (TPSA) is 75.3 Å². The van der Waals surface area contributed by atoms with Crippen molar-refractivity contribution in [2.75, 3.05) is 5.32 Å². The van der Waals surface area contributed by atoms with Crippen molar-refractivity contribution in [1.29, 1.82) is 0 Å². The molecule has 0 heterocycles. The Morgan fingerprint density at radius 1 is 0.879 bits per heavy atom. The first-order chi connectivity index (χ1) is 15.7. The number of rotatable bonds is 9. The van der Waals surface area contributed by atoms with Gasteiger partial charge in [-0.1, -0.05) is 74.5 Å². The molecule has 1 amide bonds. The van der Waals surface area contributed by atoms with Crippen LogP contribution in [-0.4, -0.2) is 14.3 Å². The van der Waals surface area contributed by atoms with E-state index < -0.39 is 10.0 Å². The van der Waals surface area contributed by atoms with Crippen LogP contribution in [0.25, 0.3) is 0 Å². The predicted molar refractivity (Wildman–Crippen MR) is 134 cm³/mol. The van der Waals surface area contributed by atoms with Gasteiger partial charge < -0.3 is 5.32 Å². The molecule has 3 aromatic rings. The number of nitrogens with one attached hydrogen (secondary N) is 2. The van der Waals surface area contributed by atoms with Crippen molar-refractivity contribution >= 4 is 21.6 Å². The lowest BCUT2D eigenvalue weighted by Crippen LogP contribution is -2.26. The molecule has 0 aromatic heterocycles. The Kier molecular flexibility index (Phi) is 8.06. The second-order valence-electron chi connectivity index (χ2n) is 8.64. The highest BCUT2D eigenvalue weighted by Gasteiger charge is 2.18. The van der Waals surface area contributed by atoms with Gasteiger partial charge >= 0.3 is 0 Å². The summed E-state index contributed by atoms with van der Waals surface area (Å²) < 4.78 is 28.2. The van der Waals surface area contributed by atoms with Crippen LogP contribution in [0.5, 0.6) is 0 Å². The van der Waals surface area contributed by atoms with Gasteiger partial charge in [-0.25, -0.2) is 13.1 Å². The summed E-state index contributed by atoms with van der Waals surface area (Å²) in [6.07, 6.45) is 0.851. The lowest BCUT2D eigenvalue weighted by Gasteiger charge is -2.16. The number of hydrogen-bond acceptors (Lipinski definition) is 3. The van der Waals surface area contributed by atoms with Crippen LogP contribution >= 0.6 is 0 Å². The molecule has 0 aliphatic heterocycles. The van der Waals surface area contributed by atoms with Crippen molar-refractivity contribution in [2.45, 2.75) is 57.4 Å². The number of benzene rings is 3. The summed E-state index contributed by atoms with van der Waals surface area (Å²) in [4.78, 5) is 12.8.